The molecule has 3 N–H and O–H groups in total. The molecule has 1 atom stereocenters. The summed E-state index contributed by atoms with van der Waals surface area (Å²) in [5.41, 5.74) is 3.61. The van der Waals surface area contributed by atoms with Crippen LogP contribution in [-0.2, 0) is 11.2 Å². The molecule has 0 unspecified atom stereocenters. The first-order valence-corrected chi connectivity index (χ1v) is 13.6. The molecule has 0 spiro atoms. The molecule has 0 saturated carbocycles. The molecule has 1 fully saturated rings. The first-order chi connectivity index (χ1) is 18.0. The summed E-state index contributed by atoms with van der Waals surface area (Å²) in [6.07, 6.45) is 11.5. The van der Waals surface area contributed by atoms with Crippen LogP contribution in [0.25, 0.3) is 5.57 Å². The molecular weight excluding hydrogens is 496 g/mol. The fourth-order valence-corrected chi connectivity index (χ4v) is 5.89. The molecule has 3 heterocycles. The first kappa shape index (κ1) is 26.8. The van der Waals surface area contributed by atoms with E-state index in [4.69, 9.17) is 16.3 Å². The molecule has 0 bridgehead atoms. The van der Waals surface area contributed by atoms with E-state index < -0.39 is 11.2 Å². The van der Waals surface area contributed by atoms with Crippen LogP contribution in [0.4, 0.5) is 0 Å². The predicted molar refractivity (Wildman–Crippen MR) is 154 cm³/mol. The minimum Gasteiger partial charge on any atom is -0.462 e. The smallest absolute Gasteiger partial charge is 0.134 e. The topological polar surface area (TPSA) is 65.0 Å². The Balaban J connectivity index is 1.38. The molecule has 5 rings (SSSR count). The maximum Gasteiger partial charge on any atom is 0.134 e. The summed E-state index contributed by atoms with van der Waals surface area (Å²) in [6, 6.07) is 13.5. The fourth-order valence-electron chi connectivity index (χ4n) is 5.76. The second kappa shape index (κ2) is 10.0. The van der Waals surface area contributed by atoms with Crippen LogP contribution in [0.5, 0.6) is 5.75 Å². The van der Waals surface area contributed by atoms with E-state index in [1.165, 1.54) is 0 Å². The van der Waals surface area contributed by atoms with Gasteiger partial charge >= 0.3 is 0 Å². The van der Waals surface area contributed by atoms with Gasteiger partial charge in [-0.1, -0.05) is 55.8 Å². The summed E-state index contributed by atoms with van der Waals surface area (Å²) in [7, 11) is 0. The van der Waals surface area contributed by atoms with Crippen molar-refractivity contribution >= 4 is 17.2 Å². The second-order valence-electron chi connectivity index (χ2n) is 11.7. The number of benzene rings is 2. The SMILES string of the molecule is CC(C)(O)c1ccc2c(c1)/C(=C\CCN1CC[C@](O)(c3ccc(Cl)cc3)C(C)(C)C1)C1=CC=CNC1=CO2. The van der Waals surface area contributed by atoms with Gasteiger partial charge in [0.05, 0.1) is 16.9 Å². The van der Waals surface area contributed by atoms with E-state index in [2.05, 4.69) is 36.2 Å². The molecule has 0 amide bonds. The van der Waals surface area contributed by atoms with Crippen LogP contribution >= 0.6 is 11.6 Å². The molecule has 200 valence electrons. The number of hydrogen-bond acceptors (Lipinski definition) is 5. The molecule has 0 radical (unpaired) electrons. The minimum absolute atomic E-state index is 0.326. The van der Waals surface area contributed by atoms with Crippen molar-refractivity contribution in [2.75, 3.05) is 19.6 Å². The highest BCUT2D eigenvalue weighted by Crippen LogP contribution is 2.46. The minimum atomic E-state index is -0.956. The van der Waals surface area contributed by atoms with Gasteiger partial charge in [0.2, 0.25) is 0 Å². The standard InChI is InChI=1S/C32H37ClN2O3/c1-30(2)21-35(18-15-32(30,37)22-9-12-24(33)13-10-22)17-6-8-25-26-7-5-16-34-28(26)20-38-29-14-11-23(19-27(25)29)31(3,4)36/h5,7-14,16,19-20,34,36-37H,6,15,17-18,21H2,1-4H3/b25-8-/t32-/m0/s1. The highest BCUT2D eigenvalue weighted by atomic mass is 35.5. The average Bonchev–Trinajstić information content (AvgIpc) is 3.02. The number of nitrogens with one attached hydrogen (secondary N) is 1. The number of ether oxygens (including phenoxy) is 1. The molecule has 3 aliphatic rings. The van der Waals surface area contributed by atoms with Crippen LogP contribution in [0.2, 0.25) is 5.02 Å². The number of aliphatic hydroxyl groups is 2. The Kier molecular flexibility index (Phi) is 7.08. The van der Waals surface area contributed by atoms with Crippen molar-refractivity contribution in [3.8, 4) is 5.75 Å². The summed E-state index contributed by atoms with van der Waals surface area (Å²) < 4.78 is 6.04. The predicted octanol–water partition coefficient (Wildman–Crippen LogP) is 6.24. The lowest BCUT2D eigenvalue weighted by molar-refractivity contribution is -0.125. The zero-order chi connectivity index (χ0) is 27.1. The summed E-state index contributed by atoms with van der Waals surface area (Å²) >= 11 is 6.10. The summed E-state index contributed by atoms with van der Waals surface area (Å²) in [5.74, 6) is 0.765. The average molecular weight is 533 g/mol. The Bertz CT molecular complexity index is 1330. The molecule has 0 aromatic heterocycles. The number of likely N-dealkylation sites (tertiary alicyclic amines) is 1. The summed E-state index contributed by atoms with van der Waals surface area (Å²) in [6.45, 7) is 10.4. The highest BCUT2D eigenvalue weighted by molar-refractivity contribution is 6.30. The maximum atomic E-state index is 11.7. The third-order valence-corrected chi connectivity index (χ3v) is 8.35. The van der Waals surface area contributed by atoms with Crippen molar-refractivity contribution in [3.63, 3.8) is 0 Å². The number of fused-ring (bicyclic) bond motifs is 2. The van der Waals surface area contributed by atoms with Gasteiger partial charge in [0, 0.05) is 47.4 Å². The fraction of sp³-hybridized carbons (Fsp3) is 0.375. The molecule has 0 aliphatic carbocycles. The Morgan fingerprint density at radius 2 is 1.92 bits per heavy atom. The lowest BCUT2D eigenvalue weighted by Crippen LogP contribution is -2.55. The highest BCUT2D eigenvalue weighted by Gasteiger charge is 2.48. The van der Waals surface area contributed by atoms with Gasteiger partial charge in [0.25, 0.3) is 0 Å². The molecule has 3 aliphatic heterocycles. The summed E-state index contributed by atoms with van der Waals surface area (Å²) in [4.78, 5) is 2.44. The number of halogens is 1. The Morgan fingerprint density at radius 3 is 2.63 bits per heavy atom. The van der Waals surface area contributed by atoms with Crippen LogP contribution in [0, 0.1) is 5.41 Å². The van der Waals surface area contributed by atoms with Gasteiger partial charge in [-0.2, -0.15) is 0 Å². The lowest BCUT2D eigenvalue weighted by Gasteiger charge is -2.50. The molecule has 2 aromatic rings. The molecule has 5 nitrogen and oxygen atoms in total. The molecule has 6 heteroatoms. The maximum absolute atomic E-state index is 11.7. The Labute approximate surface area is 230 Å². The van der Waals surface area contributed by atoms with Gasteiger partial charge < -0.3 is 25.2 Å². The zero-order valence-corrected chi connectivity index (χ0v) is 23.3. The van der Waals surface area contributed by atoms with Crippen LogP contribution in [-0.4, -0.2) is 34.7 Å². The number of rotatable bonds is 5. The quantitative estimate of drug-likeness (QED) is 0.425. The van der Waals surface area contributed by atoms with Crippen molar-refractivity contribution in [1.82, 2.24) is 10.2 Å². The van der Waals surface area contributed by atoms with Crippen LogP contribution in [0.15, 0.2) is 84.4 Å². The number of allylic oxidation sites excluding steroid dienone is 3. The van der Waals surface area contributed by atoms with Gasteiger partial charge in [-0.15, -0.1) is 0 Å². The van der Waals surface area contributed by atoms with Crippen LogP contribution in [0.3, 0.4) is 0 Å². The molecule has 1 saturated heterocycles. The van der Waals surface area contributed by atoms with Gasteiger partial charge in [-0.3, -0.25) is 0 Å². The second-order valence-corrected chi connectivity index (χ2v) is 12.1. The Morgan fingerprint density at radius 1 is 1.16 bits per heavy atom. The Hall–Kier alpha value is -2.83. The molecule has 38 heavy (non-hydrogen) atoms. The van der Waals surface area contributed by atoms with Crippen LogP contribution in [0.1, 0.15) is 57.2 Å². The van der Waals surface area contributed by atoms with Crippen molar-refractivity contribution in [1.29, 1.82) is 0 Å². The van der Waals surface area contributed by atoms with Crippen molar-refractivity contribution in [2.45, 2.75) is 51.7 Å². The first-order valence-electron chi connectivity index (χ1n) is 13.3. The monoisotopic (exact) mass is 532 g/mol. The number of nitrogens with zero attached hydrogens (tertiary/aromatic N) is 1. The normalized spacial score (nSPS) is 23.9. The summed E-state index contributed by atoms with van der Waals surface area (Å²) in [5, 5.41) is 26.4. The van der Waals surface area contributed by atoms with E-state index in [1.54, 1.807) is 20.1 Å². The van der Waals surface area contributed by atoms with Crippen LogP contribution < -0.4 is 10.1 Å². The van der Waals surface area contributed by atoms with Gasteiger partial charge in [-0.25, -0.2) is 0 Å². The molecule has 2 aromatic carbocycles. The van der Waals surface area contributed by atoms with Gasteiger partial charge in [0.1, 0.15) is 12.0 Å². The third kappa shape index (κ3) is 5.08. The van der Waals surface area contributed by atoms with E-state index in [-0.39, 0.29) is 5.41 Å². The number of hydrogen-bond donors (Lipinski definition) is 3. The van der Waals surface area contributed by atoms with Crippen molar-refractivity contribution < 1.29 is 14.9 Å². The zero-order valence-electron chi connectivity index (χ0n) is 22.6. The lowest BCUT2D eigenvalue weighted by atomic mass is 9.66. The van der Waals surface area contributed by atoms with E-state index in [1.807, 2.05) is 54.7 Å². The largest absolute Gasteiger partial charge is 0.462 e. The van der Waals surface area contributed by atoms with E-state index in [0.717, 1.165) is 65.3 Å². The van der Waals surface area contributed by atoms with Crippen molar-refractivity contribution in [2.24, 2.45) is 5.41 Å². The van der Waals surface area contributed by atoms with E-state index >= 15 is 0 Å². The number of dihydropyridines is 1. The van der Waals surface area contributed by atoms with E-state index in [0.29, 0.717) is 11.4 Å². The van der Waals surface area contributed by atoms with Crippen molar-refractivity contribution in [3.05, 3.63) is 106 Å². The third-order valence-electron chi connectivity index (χ3n) is 8.10. The molecular formula is C32H37ClN2O3. The van der Waals surface area contributed by atoms with Gasteiger partial charge in [0.15, 0.2) is 0 Å². The van der Waals surface area contributed by atoms with E-state index in [9.17, 15) is 10.2 Å². The number of piperidine rings is 1. The van der Waals surface area contributed by atoms with Gasteiger partial charge in [-0.05, 0) is 73.7 Å².